The van der Waals surface area contributed by atoms with Gasteiger partial charge in [0, 0.05) is 33.8 Å². The van der Waals surface area contributed by atoms with Crippen LogP contribution in [0.5, 0.6) is 0 Å². The predicted octanol–water partition coefficient (Wildman–Crippen LogP) is 7.09. The van der Waals surface area contributed by atoms with Crippen LogP contribution in [0, 0.1) is 0 Å². The topological polar surface area (TPSA) is 51.6 Å². The minimum absolute atomic E-state index is 0.642. The van der Waals surface area contributed by atoms with Crippen LogP contribution in [0.2, 0.25) is 0 Å². The van der Waals surface area contributed by atoms with Gasteiger partial charge in [0.1, 0.15) is 0 Å². The molecule has 0 aliphatic heterocycles. The van der Waals surface area contributed by atoms with Crippen LogP contribution in [0.4, 0.5) is 0 Å². The Morgan fingerprint density at radius 3 is 1.59 bits per heavy atom. The molecule has 0 saturated heterocycles. The van der Waals surface area contributed by atoms with Crippen LogP contribution in [0.3, 0.4) is 0 Å². The summed E-state index contributed by atoms with van der Waals surface area (Å²) in [6.45, 7) is 0. The van der Waals surface area contributed by atoms with Crippen molar-refractivity contribution in [3.63, 3.8) is 0 Å². The highest BCUT2D eigenvalue weighted by Crippen LogP contribution is 2.29. The molecule has 0 atom stereocenters. The third-order valence-corrected chi connectivity index (χ3v) is 5.74. The zero-order valence-corrected chi connectivity index (χ0v) is 18.3. The Bertz CT molecular complexity index is 1540. The summed E-state index contributed by atoms with van der Waals surface area (Å²) in [4.78, 5) is 19.1. The zero-order valence-electron chi connectivity index (χ0n) is 18.3. The first-order valence-electron chi connectivity index (χ1n) is 11.2. The van der Waals surface area contributed by atoms with Crippen molar-refractivity contribution in [2.75, 3.05) is 0 Å². The number of pyridine rings is 1. The Kier molecular flexibility index (Phi) is 5.09. The second-order valence-corrected chi connectivity index (χ2v) is 8.04. The summed E-state index contributed by atoms with van der Waals surface area (Å²) in [6, 6.07) is 38.6. The number of nitrogens with zero attached hydrogens (tertiary/aromatic N) is 4. The Morgan fingerprint density at radius 1 is 0.382 bits per heavy atom. The molecule has 6 rings (SSSR count). The van der Waals surface area contributed by atoms with Gasteiger partial charge in [-0.15, -0.1) is 0 Å². The van der Waals surface area contributed by atoms with E-state index in [4.69, 9.17) is 15.0 Å². The maximum atomic E-state index is 4.85. The van der Waals surface area contributed by atoms with Crippen LogP contribution in [-0.2, 0) is 0 Å². The van der Waals surface area contributed by atoms with E-state index in [1.807, 2.05) is 97.2 Å². The number of rotatable bonds is 4. The average Bonchev–Trinajstić information content (AvgIpc) is 2.93. The van der Waals surface area contributed by atoms with Crippen molar-refractivity contribution >= 4 is 10.9 Å². The summed E-state index contributed by atoms with van der Waals surface area (Å²) in [7, 11) is 0. The molecule has 2 aromatic heterocycles. The van der Waals surface area contributed by atoms with Crippen LogP contribution in [0.1, 0.15) is 0 Å². The maximum absolute atomic E-state index is 4.85. The molecule has 0 aliphatic carbocycles. The molecule has 0 unspecified atom stereocenters. The van der Waals surface area contributed by atoms with E-state index >= 15 is 0 Å². The van der Waals surface area contributed by atoms with Crippen molar-refractivity contribution < 1.29 is 0 Å². The van der Waals surface area contributed by atoms with Gasteiger partial charge in [-0.1, -0.05) is 97.1 Å². The molecule has 0 radical (unpaired) electrons. The molecule has 160 valence electrons. The number of para-hydroxylation sites is 1. The van der Waals surface area contributed by atoms with Gasteiger partial charge in [0.05, 0.1) is 5.52 Å². The lowest BCUT2D eigenvalue weighted by Gasteiger charge is -2.10. The maximum Gasteiger partial charge on any atom is 0.164 e. The van der Waals surface area contributed by atoms with Gasteiger partial charge in [-0.2, -0.15) is 0 Å². The highest BCUT2D eigenvalue weighted by atomic mass is 15.0. The van der Waals surface area contributed by atoms with E-state index in [2.05, 4.69) is 29.2 Å². The summed E-state index contributed by atoms with van der Waals surface area (Å²) >= 11 is 0. The molecule has 6 aromatic rings. The molecule has 0 spiro atoms. The lowest BCUT2D eigenvalue weighted by atomic mass is 10.0. The molecule has 4 nitrogen and oxygen atoms in total. The molecule has 4 heteroatoms. The van der Waals surface area contributed by atoms with Crippen molar-refractivity contribution in [1.82, 2.24) is 19.9 Å². The normalized spacial score (nSPS) is 10.9. The van der Waals surface area contributed by atoms with E-state index in [9.17, 15) is 0 Å². The standard InChI is InChI=1S/C30H20N4/c1-3-10-21(11-4-1)28-32-29(22-12-5-2-6-13-22)34-30(33-28)25-16-9-15-23(18-25)26-19-24-14-7-8-17-27(24)31-20-26/h1-20H. The first-order chi connectivity index (χ1) is 16.8. The summed E-state index contributed by atoms with van der Waals surface area (Å²) in [5, 5.41) is 1.11. The second-order valence-electron chi connectivity index (χ2n) is 8.04. The first-order valence-corrected chi connectivity index (χ1v) is 11.2. The van der Waals surface area contributed by atoms with Crippen LogP contribution in [-0.4, -0.2) is 19.9 Å². The van der Waals surface area contributed by atoms with E-state index in [0.717, 1.165) is 38.7 Å². The summed E-state index contributed by atoms with van der Waals surface area (Å²) in [6.07, 6.45) is 1.92. The van der Waals surface area contributed by atoms with Crippen molar-refractivity contribution in [1.29, 1.82) is 0 Å². The predicted molar refractivity (Wildman–Crippen MR) is 137 cm³/mol. The summed E-state index contributed by atoms with van der Waals surface area (Å²) < 4.78 is 0. The van der Waals surface area contributed by atoms with E-state index in [1.165, 1.54) is 0 Å². The number of hydrogen-bond acceptors (Lipinski definition) is 4. The summed E-state index contributed by atoms with van der Waals surface area (Å²) in [5.74, 6) is 1.95. The van der Waals surface area contributed by atoms with E-state index < -0.39 is 0 Å². The third kappa shape index (κ3) is 3.93. The molecule has 4 aromatic carbocycles. The Hall–Kier alpha value is -4.70. The fourth-order valence-corrected chi connectivity index (χ4v) is 4.00. The number of hydrogen-bond donors (Lipinski definition) is 0. The number of aromatic nitrogens is 4. The van der Waals surface area contributed by atoms with Gasteiger partial charge in [-0.3, -0.25) is 4.98 Å². The van der Waals surface area contributed by atoms with Gasteiger partial charge in [0.25, 0.3) is 0 Å². The van der Waals surface area contributed by atoms with Crippen LogP contribution in [0.25, 0.3) is 56.2 Å². The van der Waals surface area contributed by atoms with Crippen molar-refractivity contribution in [3.05, 3.63) is 121 Å². The van der Waals surface area contributed by atoms with Crippen molar-refractivity contribution in [2.24, 2.45) is 0 Å². The highest BCUT2D eigenvalue weighted by molar-refractivity contribution is 5.84. The van der Waals surface area contributed by atoms with E-state index in [0.29, 0.717) is 17.5 Å². The quantitative estimate of drug-likeness (QED) is 0.296. The number of fused-ring (bicyclic) bond motifs is 1. The summed E-state index contributed by atoms with van der Waals surface area (Å²) in [5.41, 5.74) is 5.96. The molecule has 0 aliphatic rings. The Morgan fingerprint density at radius 2 is 0.912 bits per heavy atom. The van der Waals surface area contributed by atoms with Gasteiger partial charge >= 0.3 is 0 Å². The van der Waals surface area contributed by atoms with Gasteiger partial charge in [-0.25, -0.2) is 15.0 Å². The average molecular weight is 437 g/mol. The smallest absolute Gasteiger partial charge is 0.164 e. The molecule has 0 fully saturated rings. The van der Waals surface area contributed by atoms with Crippen LogP contribution < -0.4 is 0 Å². The molecule has 0 bridgehead atoms. The largest absolute Gasteiger partial charge is 0.256 e. The van der Waals surface area contributed by atoms with Gasteiger partial charge in [0.15, 0.2) is 17.5 Å². The van der Waals surface area contributed by atoms with Gasteiger partial charge in [-0.05, 0) is 23.8 Å². The second kappa shape index (κ2) is 8.68. The molecule has 0 saturated carbocycles. The fraction of sp³-hybridized carbons (Fsp3) is 0. The fourth-order valence-electron chi connectivity index (χ4n) is 4.00. The lowest BCUT2D eigenvalue weighted by Crippen LogP contribution is -2.00. The Labute approximate surface area is 197 Å². The molecule has 34 heavy (non-hydrogen) atoms. The molecular weight excluding hydrogens is 416 g/mol. The van der Waals surface area contributed by atoms with Crippen molar-refractivity contribution in [3.8, 4) is 45.3 Å². The molecule has 0 N–H and O–H groups in total. The highest BCUT2D eigenvalue weighted by Gasteiger charge is 2.13. The molecule has 2 heterocycles. The van der Waals surface area contributed by atoms with Crippen molar-refractivity contribution in [2.45, 2.75) is 0 Å². The van der Waals surface area contributed by atoms with Crippen LogP contribution in [0.15, 0.2) is 121 Å². The number of benzene rings is 4. The lowest BCUT2D eigenvalue weighted by molar-refractivity contribution is 1.07. The SMILES string of the molecule is c1ccc(-c2nc(-c3ccccc3)nc(-c3cccc(-c4cnc5ccccc5c4)c3)n2)cc1. The minimum atomic E-state index is 0.642. The minimum Gasteiger partial charge on any atom is -0.256 e. The first kappa shape index (κ1) is 19.9. The molecule has 0 amide bonds. The zero-order chi connectivity index (χ0) is 22.7. The third-order valence-electron chi connectivity index (χ3n) is 5.74. The van der Waals surface area contributed by atoms with Gasteiger partial charge < -0.3 is 0 Å². The Balaban J connectivity index is 1.48. The van der Waals surface area contributed by atoms with Crippen LogP contribution >= 0.6 is 0 Å². The van der Waals surface area contributed by atoms with E-state index in [-0.39, 0.29) is 0 Å². The molecular formula is C30H20N4. The van der Waals surface area contributed by atoms with E-state index in [1.54, 1.807) is 0 Å². The van der Waals surface area contributed by atoms with Gasteiger partial charge in [0.2, 0.25) is 0 Å². The monoisotopic (exact) mass is 436 g/mol.